The average molecular weight is 362 g/mol. The number of carbonyl (C=O) groups is 1. The number of amides is 1. The second-order valence-corrected chi connectivity index (χ2v) is 6.57. The molecular formula is C15H22BrClN2O. The molecule has 112 valence electrons. The normalized spacial score (nSPS) is 11.4. The van der Waals surface area contributed by atoms with Crippen molar-refractivity contribution in [2.24, 2.45) is 0 Å². The van der Waals surface area contributed by atoms with Crippen LogP contribution in [0.15, 0.2) is 22.7 Å². The van der Waals surface area contributed by atoms with Gasteiger partial charge in [0.2, 0.25) is 0 Å². The fraction of sp³-hybridized carbons (Fsp3) is 0.533. The topological polar surface area (TPSA) is 32.3 Å². The lowest BCUT2D eigenvalue weighted by Crippen LogP contribution is -2.42. The second kappa shape index (κ2) is 8.01. The minimum absolute atomic E-state index is 0.0909. The Bertz CT molecular complexity index is 455. The van der Waals surface area contributed by atoms with Gasteiger partial charge in [-0.15, -0.1) is 0 Å². The number of hydrogen-bond donors (Lipinski definition) is 1. The van der Waals surface area contributed by atoms with Crippen molar-refractivity contribution >= 4 is 33.4 Å². The molecule has 1 aromatic carbocycles. The van der Waals surface area contributed by atoms with Gasteiger partial charge in [-0.1, -0.05) is 11.6 Å². The van der Waals surface area contributed by atoms with Crippen molar-refractivity contribution in [2.45, 2.75) is 39.8 Å². The summed E-state index contributed by atoms with van der Waals surface area (Å²) in [6.45, 7) is 10.1. The van der Waals surface area contributed by atoms with Crippen molar-refractivity contribution in [3.05, 3.63) is 33.3 Å². The van der Waals surface area contributed by atoms with Crippen molar-refractivity contribution in [3.8, 4) is 0 Å². The Kier molecular flexibility index (Phi) is 7.00. The van der Waals surface area contributed by atoms with Crippen LogP contribution < -0.4 is 5.32 Å². The fourth-order valence-electron chi connectivity index (χ4n) is 2.15. The smallest absolute Gasteiger partial charge is 0.251 e. The van der Waals surface area contributed by atoms with E-state index in [2.05, 4.69) is 53.8 Å². The molecule has 1 aromatic rings. The first-order chi connectivity index (χ1) is 9.32. The average Bonchev–Trinajstić information content (AvgIpc) is 2.36. The summed E-state index contributed by atoms with van der Waals surface area (Å²) in [5, 5.41) is 3.48. The van der Waals surface area contributed by atoms with Crippen molar-refractivity contribution in [1.82, 2.24) is 10.2 Å². The highest BCUT2D eigenvalue weighted by atomic mass is 79.9. The van der Waals surface area contributed by atoms with Crippen LogP contribution in [0.25, 0.3) is 0 Å². The zero-order valence-corrected chi connectivity index (χ0v) is 14.8. The third-order valence-corrected chi connectivity index (χ3v) is 4.40. The van der Waals surface area contributed by atoms with Crippen molar-refractivity contribution < 1.29 is 4.79 Å². The Labute approximate surface area is 134 Å². The standard InChI is InChI=1S/C15H22BrClN2O/c1-10(2)19(11(3)4)8-7-18-15(20)12-5-6-13(16)14(17)9-12/h5-6,9-11H,7-8H2,1-4H3,(H,18,20). The SMILES string of the molecule is CC(C)N(CCNC(=O)c1ccc(Br)c(Cl)c1)C(C)C. The first-order valence-corrected chi connectivity index (χ1v) is 7.99. The maximum Gasteiger partial charge on any atom is 0.251 e. The van der Waals surface area contributed by atoms with Gasteiger partial charge in [-0.2, -0.15) is 0 Å². The fourth-order valence-corrected chi connectivity index (χ4v) is 2.58. The molecule has 0 spiro atoms. The Morgan fingerprint density at radius 2 is 1.90 bits per heavy atom. The summed E-state index contributed by atoms with van der Waals surface area (Å²) < 4.78 is 0.793. The van der Waals surface area contributed by atoms with E-state index in [-0.39, 0.29) is 5.91 Å². The van der Waals surface area contributed by atoms with Gasteiger partial charge < -0.3 is 5.32 Å². The van der Waals surface area contributed by atoms with Crippen LogP contribution in [-0.4, -0.2) is 36.0 Å². The minimum atomic E-state index is -0.0909. The molecule has 0 unspecified atom stereocenters. The highest BCUT2D eigenvalue weighted by Gasteiger charge is 2.13. The largest absolute Gasteiger partial charge is 0.351 e. The number of halogens is 2. The summed E-state index contributed by atoms with van der Waals surface area (Å²) in [5.41, 5.74) is 0.582. The third-order valence-electron chi connectivity index (χ3n) is 3.16. The number of nitrogens with one attached hydrogen (secondary N) is 1. The number of hydrogen-bond acceptors (Lipinski definition) is 2. The Morgan fingerprint density at radius 3 is 2.40 bits per heavy atom. The van der Waals surface area contributed by atoms with Gasteiger partial charge in [0.1, 0.15) is 0 Å². The molecule has 0 aliphatic rings. The van der Waals surface area contributed by atoms with Gasteiger partial charge in [0, 0.05) is 35.2 Å². The van der Waals surface area contributed by atoms with Crippen LogP contribution in [0.5, 0.6) is 0 Å². The van der Waals surface area contributed by atoms with Crippen molar-refractivity contribution in [1.29, 1.82) is 0 Å². The van der Waals surface area contributed by atoms with Crippen LogP contribution in [0, 0.1) is 0 Å². The highest BCUT2D eigenvalue weighted by molar-refractivity contribution is 9.10. The van der Waals surface area contributed by atoms with E-state index in [1.165, 1.54) is 0 Å². The lowest BCUT2D eigenvalue weighted by Gasteiger charge is -2.30. The summed E-state index contributed by atoms with van der Waals surface area (Å²) >= 11 is 9.30. The van der Waals surface area contributed by atoms with E-state index < -0.39 is 0 Å². The van der Waals surface area contributed by atoms with E-state index in [0.717, 1.165) is 11.0 Å². The summed E-state index contributed by atoms with van der Waals surface area (Å²) in [4.78, 5) is 14.4. The highest BCUT2D eigenvalue weighted by Crippen LogP contribution is 2.23. The van der Waals surface area contributed by atoms with Crippen LogP contribution in [0.1, 0.15) is 38.1 Å². The van der Waals surface area contributed by atoms with Crippen molar-refractivity contribution in [3.63, 3.8) is 0 Å². The molecule has 0 aliphatic heterocycles. The lowest BCUT2D eigenvalue weighted by molar-refractivity contribution is 0.0939. The van der Waals surface area contributed by atoms with Crippen LogP contribution in [0.2, 0.25) is 5.02 Å². The van der Waals surface area contributed by atoms with Gasteiger partial charge in [0.15, 0.2) is 0 Å². The molecule has 0 saturated heterocycles. The molecule has 0 aromatic heterocycles. The Balaban J connectivity index is 2.53. The summed E-state index contributed by atoms with van der Waals surface area (Å²) in [6, 6.07) is 6.15. The second-order valence-electron chi connectivity index (χ2n) is 5.31. The quantitative estimate of drug-likeness (QED) is 0.832. The van der Waals surface area contributed by atoms with Gasteiger partial charge in [-0.05, 0) is 61.8 Å². The van der Waals surface area contributed by atoms with Gasteiger partial charge in [-0.25, -0.2) is 0 Å². The van der Waals surface area contributed by atoms with E-state index in [1.54, 1.807) is 18.2 Å². The monoisotopic (exact) mass is 360 g/mol. The number of benzene rings is 1. The lowest BCUT2D eigenvalue weighted by atomic mass is 10.2. The predicted octanol–water partition coefficient (Wildman–Crippen LogP) is 3.95. The van der Waals surface area contributed by atoms with Crippen LogP contribution in [0.3, 0.4) is 0 Å². The summed E-state index contributed by atoms with van der Waals surface area (Å²) in [5.74, 6) is -0.0909. The molecular weight excluding hydrogens is 340 g/mol. The minimum Gasteiger partial charge on any atom is -0.351 e. The maximum atomic E-state index is 12.0. The number of carbonyl (C=O) groups excluding carboxylic acids is 1. The Morgan fingerprint density at radius 1 is 1.30 bits per heavy atom. The van der Waals surface area contributed by atoms with Crippen LogP contribution in [-0.2, 0) is 0 Å². The van der Waals surface area contributed by atoms with E-state index >= 15 is 0 Å². The van der Waals surface area contributed by atoms with E-state index in [9.17, 15) is 4.79 Å². The molecule has 20 heavy (non-hydrogen) atoms. The zero-order valence-electron chi connectivity index (χ0n) is 12.4. The summed E-state index contributed by atoms with van der Waals surface area (Å²) in [7, 11) is 0. The maximum absolute atomic E-state index is 12.0. The zero-order chi connectivity index (χ0) is 15.3. The van der Waals surface area contributed by atoms with E-state index in [1.807, 2.05) is 0 Å². The molecule has 1 rings (SSSR count). The Hall–Kier alpha value is -0.580. The molecule has 1 N–H and O–H groups in total. The van der Waals surface area contributed by atoms with Crippen molar-refractivity contribution in [2.75, 3.05) is 13.1 Å². The predicted molar refractivity (Wildman–Crippen MR) is 88.5 cm³/mol. The third kappa shape index (κ3) is 5.08. The number of nitrogens with zero attached hydrogens (tertiary/aromatic N) is 1. The number of rotatable bonds is 6. The molecule has 0 aliphatic carbocycles. The summed E-state index contributed by atoms with van der Waals surface area (Å²) in [6.07, 6.45) is 0. The van der Waals surface area contributed by atoms with Gasteiger partial charge in [0.05, 0.1) is 5.02 Å². The molecule has 0 saturated carbocycles. The molecule has 3 nitrogen and oxygen atoms in total. The molecule has 0 heterocycles. The van der Waals surface area contributed by atoms with Gasteiger partial charge >= 0.3 is 0 Å². The molecule has 0 radical (unpaired) electrons. The van der Waals surface area contributed by atoms with Crippen LogP contribution >= 0.6 is 27.5 Å². The first-order valence-electron chi connectivity index (χ1n) is 6.82. The molecule has 1 amide bonds. The van der Waals surface area contributed by atoms with Gasteiger partial charge in [-0.3, -0.25) is 9.69 Å². The van der Waals surface area contributed by atoms with E-state index in [0.29, 0.717) is 29.2 Å². The van der Waals surface area contributed by atoms with Gasteiger partial charge in [0.25, 0.3) is 5.91 Å². The molecule has 5 heteroatoms. The van der Waals surface area contributed by atoms with E-state index in [4.69, 9.17) is 11.6 Å². The first kappa shape index (κ1) is 17.5. The van der Waals surface area contributed by atoms with Crippen LogP contribution in [0.4, 0.5) is 0 Å². The molecule has 0 atom stereocenters. The molecule has 0 fully saturated rings. The molecule has 0 bridgehead atoms.